The van der Waals surface area contributed by atoms with Crippen LogP contribution in [0.3, 0.4) is 0 Å². The minimum atomic E-state index is 1.24. The molecule has 0 unspecified atom stereocenters. The third-order valence-electron chi connectivity index (χ3n) is 11.4. The second kappa shape index (κ2) is 10.1. The molecular formula is C50H28S. The molecule has 0 atom stereocenters. The second-order valence-corrected chi connectivity index (χ2v) is 15.1. The normalized spacial score (nSPS) is 12.3. The minimum Gasteiger partial charge on any atom is -0.135 e. The summed E-state index contributed by atoms with van der Waals surface area (Å²) in [6.45, 7) is 0. The van der Waals surface area contributed by atoms with Crippen LogP contribution in [0, 0.1) is 0 Å². The first-order valence-corrected chi connectivity index (χ1v) is 18.5. The number of hydrogen-bond donors (Lipinski definition) is 0. The van der Waals surface area contributed by atoms with Crippen LogP contribution in [0.2, 0.25) is 0 Å². The first-order chi connectivity index (χ1) is 25.3. The van der Waals surface area contributed by atoms with E-state index >= 15 is 0 Å². The Morgan fingerprint density at radius 2 is 0.686 bits per heavy atom. The molecule has 234 valence electrons. The van der Waals surface area contributed by atoms with Crippen molar-refractivity contribution in [2.45, 2.75) is 0 Å². The average Bonchev–Trinajstić information content (AvgIpc) is 3.57. The Balaban J connectivity index is 1.01. The molecule has 1 heterocycles. The van der Waals surface area contributed by atoms with E-state index < -0.39 is 0 Å². The SMILES string of the molecule is c1cc2ccc3ccc(-c4ccc(-c5ccc6ccc7c(-c8ccc9sc%10ccccc%10c9c8)ccc8ccc5c6c87)cc4)c4ccc(c1)c2c34. The Morgan fingerprint density at radius 1 is 0.255 bits per heavy atom. The molecule has 51 heavy (non-hydrogen) atoms. The van der Waals surface area contributed by atoms with Crippen LogP contribution in [0.1, 0.15) is 0 Å². The Hall–Kier alpha value is -6.28. The monoisotopic (exact) mass is 660 g/mol. The minimum absolute atomic E-state index is 1.24. The molecular weight excluding hydrogens is 633 g/mol. The predicted molar refractivity (Wildman–Crippen MR) is 223 cm³/mol. The number of benzene rings is 11. The quantitative estimate of drug-likeness (QED) is 0.165. The second-order valence-electron chi connectivity index (χ2n) is 14.0. The summed E-state index contributed by atoms with van der Waals surface area (Å²) >= 11 is 1.88. The number of hydrogen-bond acceptors (Lipinski definition) is 1. The molecule has 1 heteroatoms. The summed E-state index contributed by atoms with van der Waals surface area (Å²) in [6, 6.07) is 63.8. The lowest BCUT2D eigenvalue weighted by Gasteiger charge is -2.17. The Kier molecular flexibility index (Phi) is 5.47. The maximum Gasteiger partial charge on any atom is 0.0355 e. The van der Waals surface area contributed by atoms with Crippen molar-refractivity contribution in [1.82, 2.24) is 0 Å². The summed E-state index contributed by atoms with van der Waals surface area (Å²) in [7, 11) is 0. The van der Waals surface area contributed by atoms with Crippen LogP contribution in [0.15, 0.2) is 170 Å². The van der Waals surface area contributed by atoms with Crippen molar-refractivity contribution < 1.29 is 0 Å². The zero-order valence-electron chi connectivity index (χ0n) is 27.6. The van der Waals surface area contributed by atoms with Gasteiger partial charge in [-0.05, 0) is 116 Å². The number of thiophene rings is 1. The summed E-state index contributed by atoms with van der Waals surface area (Å²) in [6.07, 6.45) is 0. The van der Waals surface area contributed by atoms with Crippen LogP contribution in [0.5, 0.6) is 0 Å². The molecule has 0 saturated heterocycles. The molecule has 0 aliphatic carbocycles. The van der Waals surface area contributed by atoms with Crippen LogP contribution in [0.4, 0.5) is 0 Å². The van der Waals surface area contributed by atoms with Gasteiger partial charge in [0, 0.05) is 20.2 Å². The summed E-state index contributed by atoms with van der Waals surface area (Å²) in [5.74, 6) is 0. The molecule has 0 spiro atoms. The lowest BCUT2D eigenvalue weighted by Crippen LogP contribution is -1.90. The molecule has 1 aromatic heterocycles. The van der Waals surface area contributed by atoms with E-state index in [-0.39, 0.29) is 0 Å². The third kappa shape index (κ3) is 3.84. The van der Waals surface area contributed by atoms with Crippen LogP contribution in [-0.4, -0.2) is 0 Å². The molecule has 0 aliphatic rings. The van der Waals surface area contributed by atoms with Gasteiger partial charge in [0.05, 0.1) is 0 Å². The lowest BCUT2D eigenvalue weighted by atomic mass is 9.86. The fraction of sp³-hybridized carbons (Fsp3) is 0. The lowest BCUT2D eigenvalue weighted by molar-refractivity contribution is 1.64. The van der Waals surface area contributed by atoms with Crippen LogP contribution >= 0.6 is 11.3 Å². The largest absolute Gasteiger partial charge is 0.135 e. The highest BCUT2D eigenvalue weighted by Gasteiger charge is 2.17. The first-order valence-electron chi connectivity index (χ1n) is 17.7. The topological polar surface area (TPSA) is 0 Å². The predicted octanol–water partition coefficient (Wildman–Crippen LogP) is 14.9. The molecule has 0 saturated carbocycles. The fourth-order valence-corrected chi connectivity index (χ4v) is 10.1. The van der Waals surface area contributed by atoms with Crippen molar-refractivity contribution in [1.29, 1.82) is 0 Å². The number of rotatable bonds is 3. The molecule has 0 N–H and O–H groups in total. The fourth-order valence-electron chi connectivity index (χ4n) is 9.01. The molecule has 12 rings (SSSR count). The Labute approximate surface area is 298 Å². The molecule has 0 fully saturated rings. The van der Waals surface area contributed by atoms with Crippen molar-refractivity contribution in [2.75, 3.05) is 0 Å². The van der Waals surface area contributed by atoms with Gasteiger partial charge in [-0.15, -0.1) is 11.3 Å². The van der Waals surface area contributed by atoms with Crippen molar-refractivity contribution in [3.63, 3.8) is 0 Å². The van der Waals surface area contributed by atoms with Crippen molar-refractivity contribution in [2.24, 2.45) is 0 Å². The zero-order chi connectivity index (χ0) is 33.2. The van der Waals surface area contributed by atoms with Gasteiger partial charge in [-0.3, -0.25) is 0 Å². The molecule has 0 nitrogen and oxygen atoms in total. The van der Waals surface area contributed by atoms with Gasteiger partial charge in [-0.25, -0.2) is 0 Å². The van der Waals surface area contributed by atoms with E-state index in [9.17, 15) is 0 Å². The molecule has 11 aromatic carbocycles. The highest BCUT2D eigenvalue weighted by atomic mass is 32.1. The van der Waals surface area contributed by atoms with Gasteiger partial charge < -0.3 is 0 Å². The average molecular weight is 661 g/mol. The van der Waals surface area contributed by atoms with Gasteiger partial charge in [-0.2, -0.15) is 0 Å². The van der Waals surface area contributed by atoms with Crippen molar-refractivity contribution in [3.05, 3.63) is 170 Å². The number of fused-ring (bicyclic) bond motifs is 3. The van der Waals surface area contributed by atoms with E-state index in [1.807, 2.05) is 11.3 Å². The first kappa shape index (κ1) is 27.5. The third-order valence-corrected chi connectivity index (χ3v) is 12.5. The Morgan fingerprint density at radius 3 is 1.27 bits per heavy atom. The van der Waals surface area contributed by atoms with E-state index in [2.05, 4.69) is 170 Å². The molecule has 0 amide bonds. The Bertz CT molecular complexity index is 3330. The standard InChI is InChI=1S/C50H28S/c1-2-7-45-40(6-1)44-28-36(20-27-46(44)51-45)39-23-16-35-18-25-42-38(22-15-34-19-26-43(39)50(35)49(34)42)30-10-8-29(9-11-30)37-21-14-33-13-12-31-4-3-5-32-17-24-41(37)48(33)47(31)32/h1-28H. The van der Waals surface area contributed by atoms with Crippen LogP contribution < -0.4 is 0 Å². The van der Waals surface area contributed by atoms with Crippen molar-refractivity contribution in [3.8, 4) is 33.4 Å². The van der Waals surface area contributed by atoms with Gasteiger partial charge in [-0.1, -0.05) is 152 Å². The molecule has 0 aliphatic heterocycles. The molecule has 12 aromatic rings. The molecule has 0 bridgehead atoms. The van der Waals surface area contributed by atoms with Gasteiger partial charge in [0.1, 0.15) is 0 Å². The van der Waals surface area contributed by atoms with E-state index in [0.717, 1.165) is 0 Å². The smallest absolute Gasteiger partial charge is 0.0355 e. The van der Waals surface area contributed by atoms with Gasteiger partial charge in [0.2, 0.25) is 0 Å². The highest BCUT2D eigenvalue weighted by molar-refractivity contribution is 7.25. The summed E-state index contributed by atoms with van der Waals surface area (Å²) in [5, 5.41) is 18.5. The van der Waals surface area contributed by atoms with E-state index in [1.54, 1.807) is 0 Å². The summed E-state index contributed by atoms with van der Waals surface area (Å²) in [4.78, 5) is 0. The van der Waals surface area contributed by atoms with Crippen molar-refractivity contribution >= 4 is 96.1 Å². The summed E-state index contributed by atoms with van der Waals surface area (Å²) < 4.78 is 2.68. The van der Waals surface area contributed by atoms with E-state index in [4.69, 9.17) is 0 Å². The van der Waals surface area contributed by atoms with Crippen LogP contribution in [-0.2, 0) is 0 Å². The van der Waals surface area contributed by atoms with Gasteiger partial charge in [0.25, 0.3) is 0 Å². The van der Waals surface area contributed by atoms with Gasteiger partial charge in [0.15, 0.2) is 0 Å². The zero-order valence-corrected chi connectivity index (χ0v) is 28.4. The highest BCUT2D eigenvalue weighted by Crippen LogP contribution is 2.45. The van der Waals surface area contributed by atoms with Crippen LogP contribution in [0.25, 0.3) is 118 Å². The van der Waals surface area contributed by atoms with Gasteiger partial charge >= 0.3 is 0 Å². The molecule has 0 radical (unpaired) electrons. The maximum absolute atomic E-state index is 2.40. The van der Waals surface area contributed by atoms with E-state index in [0.29, 0.717) is 0 Å². The maximum atomic E-state index is 2.40. The summed E-state index contributed by atoms with van der Waals surface area (Å²) in [5.41, 5.74) is 7.60. The van der Waals surface area contributed by atoms with E-state index in [1.165, 1.54) is 118 Å².